The van der Waals surface area contributed by atoms with Gasteiger partial charge in [0.15, 0.2) is 0 Å². The molecule has 21 heavy (non-hydrogen) atoms. The number of phenols is 1. The maximum absolute atomic E-state index is 13.8. The van der Waals surface area contributed by atoms with E-state index < -0.39 is 0 Å². The Morgan fingerprint density at radius 1 is 1.33 bits per heavy atom. The Bertz CT molecular complexity index is 472. The first kappa shape index (κ1) is 16.2. The third-order valence-corrected chi connectivity index (χ3v) is 4.44. The first-order valence-corrected chi connectivity index (χ1v) is 7.98. The average molecular weight is 294 g/mol. The summed E-state index contributed by atoms with van der Waals surface area (Å²) in [5.74, 6) is 0.382. The summed E-state index contributed by atoms with van der Waals surface area (Å²) in [6.07, 6.45) is 2.17. The first-order chi connectivity index (χ1) is 10.0. The quantitative estimate of drug-likeness (QED) is 0.875. The molecular formula is C17H27FN2O. The van der Waals surface area contributed by atoms with Crippen molar-refractivity contribution in [3.63, 3.8) is 0 Å². The van der Waals surface area contributed by atoms with Crippen molar-refractivity contribution in [3.8, 4) is 5.75 Å². The number of phenolic OH excluding ortho intramolecular Hbond substituents is 1. The molecule has 0 amide bonds. The molecule has 1 aliphatic rings. The van der Waals surface area contributed by atoms with Crippen LogP contribution in [-0.4, -0.2) is 36.2 Å². The van der Waals surface area contributed by atoms with Gasteiger partial charge in [-0.1, -0.05) is 20.3 Å². The SMILES string of the molecule is CCCC(C)[C@H](c1cc(F)cc(C)c1O)N1CCNCC1. The zero-order valence-electron chi connectivity index (χ0n) is 13.3. The highest BCUT2D eigenvalue weighted by Crippen LogP contribution is 2.38. The molecule has 0 bridgehead atoms. The standard InChI is InChI=1S/C17H27FN2O/c1-4-5-12(2)16(20-8-6-19-7-9-20)15-11-14(18)10-13(3)17(15)21/h10-12,16,19,21H,4-9H2,1-3H3/t12?,16-/m1/s1. The number of piperazine rings is 1. The number of hydrogen-bond acceptors (Lipinski definition) is 3. The van der Waals surface area contributed by atoms with Gasteiger partial charge in [-0.05, 0) is 37.0 Å². The molecule has 1 aromatic carbocycles. The third-order valence-electron chi connectivity index (χ3n) is 4.44. The fraction of sp³-hybridized carbons (Fsp3) is 0.647. The molecule has 0 aliphatic carbocycles. The van der Waals surface area contributed by atoms with Gasteiger partial charge in [0.25, 0.3) is 0 Å². The molecule has 1 aromatic rings. The highest BCUT2D eigenvalue weighted by atomic mass is 19.1. The van der Waals surface area contributed by atoms with Crippen LogP contribution in [0.3, 0.4) is 0 Å². The van der Waals surface area contributed by atoms with Gasteiger partial charge in [-0.2, -0.15) is 0 Å². The number of rotatable bonds is 5. The lowest BCUT2D eigenvalue weighted by atomic mass is 9.87. The number of aryl methyl sites for hydroxylation is 1. The van der Waals surface area contributed by atoms with Crippen molar-refractivity contribution in [1.29, 1.82) is 0 Å². The van der Waals surface area contributed by atoms with Crippen LogP contribution in [0.15, 0.2) is 12.1 Å². The number of halogens is 1. The molecule has 118 valence electrons. The summed E-state index contributed by atoms with van der Waals surface area (Å²) >= 11 is 0. The minimum atomic E-state index is -0.260. The van der Waals surface area contributed by atoms with Crippen LogP contribution < -0.4 is 5.32 Å². The Morgan fingerprint density at radius 2 is 2.00 bits per heavy atom. The molecule has 2 N–H and O–H groups in total. The summed E-state index contributed by atoms with van der Waals surface area (Å²) in [5, 5.41) is 13.8. The van der Waals surface area contributed by atoms with Crippen molar-refractivity contribution in [2.45, 2.75) is 39.7 Å². The third kappa shape index (κ3) is 3.74. The summed E-state index contributed by atoms with van der Waals surface area (Å²) in [4.78, 5) is 2.38. The topological polar surface area (TPSA) is 35.5 Å². The largest absolute Gasteiger partial charge is 0.507 e. The molecule has 1 fully saturated rings. The molecule has 0 saturated carbocycles. The zero-order chi connectivity index (χ0) is 15.4. The first-order valence-electron chi connectivity index (χ1n) is 7.98. The summed E-state index contributed by atoms with van der Waals surface area (Å²) in [5.41, 5.74) is 1.36. The fourth-order valence-electron chi connectivity index (χ4n) is 3.42. The molecule has 4 heteroatoms. The lowest BCUT2D eigenvalue weighted by Gasteiger charge is -2.39. The van der Waals surface area contributed by atoms with Gasteiger partial charge in [0.05, 0.1) is 0 Å². The van der Waals surface area contributed by atoms with Crippen LogP contribution >= 0.6 is 0 Å². The van der Waals surface area contributed by atoms with Gasteiger partial charge in [0.1, 0.15) is 11.6 Å². The molecule has 0 aromatic heterocycles. The molecule has 1 heterocycles. The molecule has 0 spiro atoms. The van der Waals surface area contributed by atoms with Gasteiger partial charge in [-0.25, -0.2) is 4.39 Å². The second-order valence-electron chi connectivity index (χ2n) is 6.16. The van der Waals surface area contributed by atoms with Gasteiger partial charge < -0.3 is 10.4 Å². The van der Waals surface area contributed by atoms with Gasteiger partial charge >= 0.3 is 0 Å². The molecule has 1 aliphatic heterocycles. The second kappa shape index (κ2) is 7.23. The molecule has 2 atom stereocenters. The van der Waals surface area contributed by atoms with E-state index in [9.17, 15) is 9.50 Å². The number of benzene rings is 1. The minimum absolute atomic E-state index is 0.0847. The predicted octanol–water partition coefficient (Wildman–Crippen LogP) is 3.22. The van der Waals surface area contributed by atoms with E-state index in [0.717, 1.165) is 44.6 Å². The number of nitrogens with zero attached hydrogens (tertiary/aromatic N) is 1. The summed E-state index contributed by atoms with van der Waals surface area (Å²) in [6, 6.07) is 3.00. The summed E-state index contributed by atoms with van der Waals surface area (Å²) in [6.45, 7) is 9.91. The maximum atomic E-state index is 13.8. The van der Waals surface area contributed by atoms with E-state index in [1.54, 1.807) is 6.92 Å². The Kier molecular flexibility index (Phi) is 5.59. The number of aromatic hydroxyl groups is 1. The van der Waals surface area contributed by atoms with Crippen LogP contribution in [0, 0.1) is 18.7 Å². The van der Waals surface area contributed by atoms with Gasteiger partial charge in [-0.15, -0.1) is 0 Å². The molecule has 3 nitrogen and oxygen atoms in total. The van der Waals surface area contributed by atoms with Crippen LogP contribution in [0.25, 0.3) is 0 Å². The van der Waals surface area contributed by atoms with E-state index in [-0.39, 0.29) is 17.6 Å². The summed E-state index contributed by atoms with van der Waals surface area (Å²) < 4.78 is 13.8. The van der Waals surface area contributed by atoms with Crippen LogP contribution in [0.2, 0.25) is 0 Å². The lowest BCUT2D eigenvalue weighted by molar-refractivity contribution is 0.123. The van der Waals surface area contributed by atoms with Crippen LogP contribution in [0.1, 0.15) is 43.9 Å². The van der Waals surface area contributed by atoms with Crippen molar-refractivity contribution in [2.75, 3.05) is 26.2 Å². The van der Waals surface area contributed by atoms with E-state index in [1.165, 1.54) is 12.1 Å². The Morgan fingerprint density at radius 3 is 2.62 bits per heavy atom. The Hall–Kier alpha value is -1.13. The van der Waals surface area contributed by atoms with E-state index in [1.807, 2.05) is 0 Å². The van der Waals surface area contributed by atoms with Crippen LogP contribution in [0.5, 0.6) is 5.75 Å². The predicted molar refractivity (Wildman–Crippen MR) is 84.1 cm³/mol. The molecule has 0 radical (unpaired) electrons. The van der Waals surface area contributed by atoms with Crippen molar-refractivity contribution in [3.05, 3.63) is 29.1 Å². The Balaban J connectivity index is 2.38. The van der Waals surface area contributed by atoms with E-state index >= 15 is 0 Å². The van der Waals surface area contributed by atoms with Crippen LogP contribution in [0.4, 0.5) is 4.39 Å². The number of nitrogens with one attached hydrogen (secondary N) is 1. The van der Waals surface area contributed by atoms with Crippen molar-refractivity contribution < 1.29 is 9.50 Å². The molecule has 1 saturated heterocycles. The van der Waals surface area contributed by atoms with Gasteiger partial charge in [-0.3, -0.25) is 4.90 Å². The lowest BCUT2D eigenvalue weighted by Crippen LogP contribution is -2.46. The monoisotopic (exact) mass is 294 g/mol. The van der Waals surface area contributed by atoms with Crippen molar-refractivity contribution in [2.24, 2.45) is 5.92 Å². The normalized spacial score (nSPS) is 19.4. The smallest absolute Gasteiger partial charge is 0.124 e. The minimum Gasteiger partial charge on any atom is -0.507 e. The molecular weight excluding hydrogens is 267 g/mol. The zero-order valence-corrected chi connectivity index (χ0v) is 13.3. The maximum Gasteiger partial charge on any atom is 0.124 e. The van der Waals surface area contributed by atoms with Crippen LogP contribution in [-0.2, 0) is 0 Å². The number of hydrogen-bond donors (Lipinski definition) is 2. The fourth-order valence-corrected chi connectivity index (χ4v) is 3.42. The average Bonchev–Trinajstić information content (AvgIpc) is 2.46. The van der Waals surface area contributed by atoms with E-state index in [0.29, 0.717) is 11.5 Å². The van der Waals surface area contributed by atoms with Crippen molar-refractivity contribution in [1.82, 2.24) is 10.2 Å². The Labute approximate surface area is 127 Å². The highest BCUT2D eigenvalue weighted by Gasteiger charge is 2.29. The highest BCUT2D eigenvalue weighted by molar-refractivity contribution is 5.42. The van der Waals surface area contributed by atoms with E-state index in [2.05, 4.69) is 24.1 Å². The molecule has 1 unspecified atom stereocenters. The second-order valence-corrected chi connectivity index (χ2v) is 6.16. The summed E-state index contributed by atoms with van der Waals surface area (Å²) in [7, 11) is 0. The van der Waals surface area contributed by atoms with Crippen molar-refractivity contribution >= 4 is 0 Å². The van der Waals surface area contributed by atoms with E-state index in [4.69, 9.17) is 0 Å². The molecule has 2 rings (SSSR count). The van der Waals surface area contributed by atoms with Gasteiger partial charge in [0.2, 0.25) is 0 Å². The van der Waals surface area contributed by atoms with Gasteiger partial charge in [0, 0.05) is 37.8 Å².